The van der Waals surface area contributed by atoms with Crippen molar-refractivity contribution in [3.8, 4) is 11.8 Å². The molecular formula is C14H18N2O2. The van der Waals surface area contributed by atoms with Crippen molar-refractivity contribution in [2.24, 2.45) is 0 Å². The molecule has 0 aromatic heterocycles. The number of carbonyl (C=O) groups excluding carboxylic acids is 1. The van der Waals surface area contributed by atoms with Gasteiger partial charge in [-0.25, -0.2) is 0 Å². The summed E-state index contributed by atoms with van der Waals surface area (Å²) >= 11 is 0. The normalized spacial score (nSPS) is 9.78. The molecule has 0 spiro atoms. The Balaban J connectivity index is 3.27. The minimum atomic E-state index is -0.204. The lowest BCUT2D eigenvalue weighted by molar-refractivity contribution is -0.117. The lowest BCUT2D eigenvalue weighted by Gasteiger charge is -2.22. The molecule has 0 bridgehead atoms. The summed E-state index contributed by atoms with van der Waals surface area (Å²) in [7, 11) is 3.33. The van der Waals surface area contributed by atoms with Crippen LogP contribution >= 0.6 is 0 Å². The molecule has 0 aliphatic heterocycles. The van der Waals surface area contributed by atoms with Crippen molar-refractivity contribution in [3.05, 3.63) is 22.8 Å². The van der Waals surface area contributed by atoms with Crippen LogP contribution in [0.4, 0.5) is 5.69 Å². The molecule has 0 fully saturated rings. The van der Waals surface area contributed by atoms with Crippen molar-refractivity contribution >= 4 is 11.6 Å². The maximum Gasteiger partial charge on any atom is 0.240 e. The van der Waals surface area contributed by atoms with Gasteiger partial charge in [-0.2, -0.15) is 5.26 Å². The van der Waals surface area contributed by atoms with Gasteiger partial charge < -0.3 is 9.64 Å². The summed E-state index contributed by atoms with van der Waals surface area (Å²) in [6.45, 7) is 5.85. The van der Waals surface area contributed by atoms with Gasteiger partial charge in [-0.15, -0.1) is 0 Å². The average Bonchev–Trinajstić information content (AvgIpc) is 2.34. The summed E-state index contributed by atoms with van der Waals surface area (Å²) < 4.78 is 5.34. The van der Waals surface area contributed by atoms with Crippen LogP contribution in [-0.2, 0) is 4.79 Å². The molecule has 4 nitrogen and oxygen atoms in total. The van der Waals surface area contributed by atoms with Gasteiger partial charge in [0.1, 0.15) is 12.2 Å². The zero-order valence-electron chi connectivity index (χ0n) is 11.5. The molecule has 0 radical (unpaired) electrons. The lowest BCUT2D eigenvalue weighted by Crippen LogP contribution is -2.26. The minimum absolute atomic E-state index is 0.111. The number of benzene rings is 1. The zero-order valence-corrected chi connectivity index (χ0v) is 11.5. The molecule has 0 unspecified atom stereocenters. The van der Waals surface area contributed by atoms with Gasteiger partial charge in [0.05, 0.1) is 13.2 Å². The monoisotopic (exact) mass is 246 g/mol. The molecule has 0 saturated heterocycles. The fourth-order valence-corrected chi connectivity index (χ4v) is 2.02. The number of nitrogens with zero attached hydrogens (tertiary/aromatic N) is 2. The number of hydrogen-bond acceptors (Lipinski definition) is 3. The van der Waals surface area contributed by atoms with Crippen LogP contribution in [-0.4, -0.2) is 20.1 Å². The van der Waals surface area contributed by atoms with E-state index in [0.29, 0.717) is 0 Å². The van der Waals surface area contributed by atoms with E-state index >= 15 is 0 Å². The molecule has 0 N–H and O–H groups in total. The largest absolute Gasteiger partial charge is 0.496 e. The highest BCUT2D eigenvalue weighted by Crippen LogP contribution is 2.33. The van der Waals surface area contributed by atoms with Gasteiger partial charge in [0.2, 0.25) is 5.91 Å². The topological polar surface area (TPSA) is 53.3 Å². The SMILES string of the molecule is COc1c(C)cc(N(C)C(=O)CC#N)c(C)c1C. The van der Waals surface area contributed by atoms with Gasteiger partial charge in [0.15, 0.2) is 0 Å². The van der Waals surface area contributed by atoms with Crippen molar-refractivity contribution in [1.82, 2.24) is 0 Å². The van der Waals surface area contributed by atoms with Gasteiger partial charge in [0.25, 0.3) is 0 Å². The maximum atomic E-state index is 11.7. The predicted octanol–water partition coefficient (Wildman–Crippen LogP) is 2.50. The van der Waals surface area contributed by atoms with Crippen LogP contribution in [0.25, 0.3) is 0 Å². The number of amides is 1. The Labute approximate surface area is 108 Å². The Morgan fingerprint density at radius 2 is 2.00 bits per heavy atom. The molecule has 1 rings (SSSR count). The van der Waals surface area contributed by atoms with Crippen LogP contribution in [0.2, 0.25) is 0 Å². The first-order chi connectivity index (χ1) is 8.43. The minimum Gasteiger partial charge on any atom is -0.496 e. The standard InChI is InChI=1S/C14H18N2O2/c1-9-8-12(16(4)13(17)6-7-15)10(2)11(3)14(9)18-5/h8H,6H2,1-5H3. The van der Waals surface area contributed by atoms with Crippen molar-refractivity contribution in [3.63, 3.8) is 0 Å². The summed E-state index contributed by atoms with van der Waals surface area (Å²) in [5, 5.41) is 8.58. The number of ether oxygens (including phenoxy) is 1. The number of anilines is 1. The van der Waals surface area contributed by atoms with Gasteiger partial charge in [-0.3, -0.25) is 4.79 Å². The molecule has 4 heteroatoms. The Kier molecular flexibility index (Phi) is 4.33. The summed E-state index contributed by atoms with van der Waals surface area (Å²) in [4.78, 5) is 13.3. The van der Waals surface area contributed by atoms with Crippen molar-refractivity contribution in [2.45, 2.75) is 27.2 Å². The number of rotatable bonds is 3. The molecule has 96 valence electrons. The third-order valence-electron chi connectivity index (χ3n) is 3.17. The van der Waals surface area contributed by atoms with Crippen molar-refractivity contribution < 1.29 is 9.53 Å². The van der Waals surface area contributed by atoms with E-state index in [1.807, 2.05) is 32.9 Å². The maximum absolute atomic E-state index is 11.7. The van der Waals surface area contributed by atoms with E-state index in [9.17, 15) is 4.79 Å². The fraction of sp³-hybridized carbons (Fsp3) is 0.429. The van der Waals surface area contributed by atoms with E-state index in [2.05, 4.69) is 0 Å². The third-order valence-corrected chi connectivity index (χ3v) is 3.17. The molecule has 1 aromatic carbocycles. The zero-order chi connectivity index (χ0) is 13.9. The second-order valence-electron chi connectivity index (χ2n) is 4.28. The van der Waals surface area contributed by atoms with E-state index in [1.165, 1.54) is 4.90 Å². The van der Waals surface area contributed by atoms with Crippen LogP contribution in [0, 0.1) is 32.1 Å². The number of carbonyl (C=O) groups is 1. The second kappa shape index (κ2) is 5.54. The molecule has 0 saturated carbocycles. The Morgan fingerprint density at radius 1 is 1.39 bits per heavy atom. The quantitative estimate of drug-likeness (QED) is 0.823. The molecule has 0 aliphatic rings. The third kappa shape index (κ3) is 2.45. The Bertz CT molecular complexity index is 516. The Hall–Kier alpha value is -2.02. The summed E-state index contributed by atoms with van der Waals surface area (Å²) in [6.07, 6.45) is -0.111. The van der Waals surface area contributed by atoms with E-state index in [-0.39, 0.29) is 12.3 Å². The van der Waals surface area contributed by atoms with E-state index in [1.54, 1.807) is 14.2 Å². The van der Waals surface area contributed by atoms with Crippen LogP contribution in [0.1, 0.15) is 23.1 Å². The molecule has 0 atom stereocenters. The summed E-state index contributed by atoms with van der Waals surface area (Å²) in [5.74, 6) is 0.641. The summed E-state index contributed by atoms with van der Waals surface area (Å²) in [6, 6.07) is 3.79. The summed E-state index contributed by atoms with van der Waals surface area (Å²) in [5.41, 5.74) is 3.81. The van der Waals surface area contributed by atoms with Crippen LogP contribution < -0.4 is 9.64 Å². The van der Waals surface area contributed by atoms with Gasteiger partial charge in [-0.1, -0.05) is 0 Å². The van der Waals surface area contributed by atoms with Gasteiger partial charge >= 0.3 is 0 Å². The molecule has 1 aromatic rings. The van der Waals surface area contributed by atoms with Gasteiger partial charge in [0, 0.05) is 12.7 Å². The van der Waals surface area contributed by atoms with E-state index in [4.69, 9.17) is 10.00 Å². The lowest BCUT2D eigenvalue weighted by atomic mass is 10.0. The average molecular weight is 246 g/mol. The first-order valence-corrected chi connectivity index (χ1v) is 5.72. The highest BCUT2D eigenvalue weighted by molar-refractivity contribution is 5.95. The highest BCUT2D eigenvalue weighted by Gasteiger charge is 2.17. The first kappa shape index (κ1) is 14.0. The molecule has 18 heavy (non-hydrogen) atoms. The smallest absolute Gasteiger partial charge is 0.240 e. The second-order valence-corrected chi connectivity index (χ2v) is 4.28. The number of aryl methyl sites for hydroxylation is 1. The van der Waals surface area contributed by atoms with E-state index < -0.39 is 0 Å². The van der Waals surface area contributed by atoms with Gasteiger partial charge in [-0.05, 0) is 43.5 Å². The van der Waals surface area contributed by atoms with Crippen LogP contribution in [0.5, 0.6) is 5.75 Å². The molecule has 1 amide bonds. The number of methoxy groups -OCH3 is 1. The van der Waals surface area contributed by atoms with Crippen molar-refractivity contribution in [2.75, 3.05) is 19.1 Å². The predicted molar refractivity (Wildman–Crippen MR) is 70.8 cm³/mol. The van der Waals surface area contributed by atoms with E-state index in [0.717, 1.165) is 28.1 Å². The number of nitriles is 1. The van der Waals surface area contributed by atoms with Crippen LogP contribution in [0.3, 0.4) is 0 Å². The highest BCUT2D eigenvalue weighted by atomic mass is 16.5. The molecule has 0 aliphatic carbocycles. The molecular weight excluding hydrogens is 228 g/mol. The fourth-order valence-electron chi connectivity index (χ4n) is 2.02. The van der Waals surface area contributed by atoms with Crippen LogP contribution in [0.15, 0.2) is 6.07 Å². The number of hydrogen-bond donors (Lipinski definition) is 0. The van der Waals surface area contributed by atoms with Crippen molar-refractivity contribution in [1.29, 1.82) is 5.26 Å². The first-order valence-electron chi connectivity index (χ1n) is 5.72. The molecule has 0 heterocycles. The Morgan fingerprint density at radius 3 is 2.50 bits per heavy atom.